The molecule has 1 aromatic rings. The predicted octanol–water partition coefficient (Wildman–Crippen LogP) is 2.36. The number of carbonyl (C=O) groups excluding carboxylic acids is 1. The number of Topliss-reactive ketones (excluding diaryl/α,β-unsaturated/α-hetero) is 1. The summed E-state index contributed by atoms with van der Waals surface area (Å²) in [5.74, 6) is 0.0474. The van der Waals surface area contributed by atoms with Crippen molar-refractivity contribution in [3.8, 4) is 5.75 Å². The second kappa shape index (κ2) is 3.05. The Morgan fingerprint density at radius 3 is 2.55 bits per heavy atom. The van der Waals surface area contributed by atoms with Gasteiger partial charge < -0.3 is 5.11 Å². The molecule has 0 radical (unpaired) electrons. The van der Waals surface area contributed by atoms with Crippen molar-refractivity contribution < 1.29 is 9.90 Å². The number of phenolic OH excluding ortho intramolecular Hbond substituents is 1. The molecule has 0 aliphatic heterocycles. The Morgan fingerprint density at radius 2 is 2.09 bits per heavy atom. The van der Waals surface area contributed by atoms with Gasteiger partial charge in [-0.1, -0.05) is 15.9 Å². The van der Waals surface area contributed by atoms with Crippen molar-refractivity contribution in [2.45, 2.75) is 6.92 Å². The number of phenols is 1. The summed E-state index contributed by atoms with van der Waals surface area (Å²) in [5.41, 5.74) is 0.511. The Morgan fingerprint density at radius 1 is 1.45 bits per heavy atom. The summed E-state index contributed by atoms with van der Waals surface area (Å²) in [6.45, 7) is 1.46. The molecule has 58 valence electrons. The molecule has 0 aliphatic carbocycles. The van der Waals surface area contributed by atoms with E-state index in [0.29, 0.717) is 10.0 Å². The largest absolute Gasteiger partial charge is 0.508 e. The third-order valence-electron chi connectivity index (χ3n) is 1.29. The number of benzene rings is 1. The molecule has 0 bridgehead atoms. The smallest absolute Gasteiger partial charge is 0.159 e. The molecule has 1 aromatic carbocycles. The van der Waals surface area contributed by atoms with E-state index in [4.69, 9.17) is 5.11 Å². The molecule has 0 spiro atoms. The van der Waals surface area contributed by atoms with Crippen molar-refractivity contribution in [3.05, 3.63) is 28.2 Å². The van der Waals surface area contributed by atoms with Gasteiger partial charge in [0, 0.05) is 10.0 Å². The molecule has 0 aliphatic rings. The fraction of sp³-hybridized carbons (Fsp3) is 0.125. The highest BCUT2D eigenvalue weighted by atomic mass is 79.9. The molecule has 0 saturated carbocycles. The van der Waals surface area contributed by atoms with Crippen molar-refractivity contribution in [1.29, 1.82) is 0 Å². The Hall–Kier alpha value is -0.830. The second-order valence-corrected chi connectivity index (χ2v) is 3.17. The topological polar surface area (TPSA) is 37.3 Å². The Balaban J connectivity index is 3.19. The van der Waals surface area contributed by atoms with E-state index in [-0.39, 0.29) is 11.5 Å². The summed E-state index contributed by atoms with van der Waals surface area (Å²) in [7, 11) is 0. The normalized spacial score (nSPS) is 9.64. The van der Waals surface area contributed by atoms with E-state index in [1.54, 1.807) is 6.07 Å². The lowest BCUT2D eigenvalue weighted by Gasteiger charge is -1.97. The van der Waals surface area contributed by atoms with Gasteiger partial charge in [0.25, 0.3) is 0 Å². The molecule has 2 nitrogen and oxygen atoms in total. The molecule has 3 heteroatoms. The monoisotopic (exact) mass is 214 g/mol. The first-order valence-corrected chi connectivity index (χ1v) is 3.89. The number of hydrogen-bond acceptors (Lipinski definition) is 2. The molecule has 0 atom stereocenters. The van der Waals surface area contributed by atoms with Gasteiger partial charge in [0.15, 0.2) is 5.78 Å². The maximum absolute atomic E-state index is 10.8. The standard InChI is InChI=1S/C8H7BrO2/c1-5(10)6-2-7(9)4-8(11)3-6/h2-4,11H,1H3. The third kappa shape index (κ3) is 2.05. The van der Waals surface area contributed by atoms with Crippen molar-refractivity contribution in [2.24, 2.45) is 0 Å². The third-order valence-corrected chi connectivity index (χ3v) is 1.75. The lowest BCUT2D eigenvalue weighted by Crippen LogP contribution is -1.90. The van der Waals surface area contributed by atoms with Crippen molar-refractivity contribution >= 4 is 21.7 Å². The molecule has 11 heavy (non-hydrogen) atoms. The van der Waals surface area contributed by atoms with Crippen LogP contribution in [0.5, 0.6) is 5.75 Å². The van der Waals surface area contributed by atoms with Gasteiger partial charge in [-0.2, -0.15) is 0 Å². The summed E-state index contributed by atoms with van der Waals surface area (Å²) in [6.07, 6.45) is 0. The van der Waals surface area contributed by atoms with Crippen molar-refractivity contribution in [1.82, 2.24) is 0 Å². The first-order chi connectivity index (χ1) is 5.09. The van der Waals surface area contributed by atoms with Gasteiger partial charge in [-0.3, -0.25) is 4.79 Å². The van der Waals surface area contributed by atoms with E-state index < -0.39 is 0 Å². The van der Waals surface area contributed by atoms with Crippen LogP contribution in [-0.2, 0) is 0 Å². The fourth-order valence-corrected chi connectivity index (χ4v) is 1.26. The molecule has 1 N–H and O–H groups in total. The number of rotatable bonds is 1. The summed E-state index contributed by atoms with van der Waals surface area (Å²) >= 11 is 3.17. The van der Waals surface area contributed by atoms with E-state index in [9.17, 15) is 4.79 Å². The number of aromatic hydroxyl groups is 1. The van der Waals surface area contributed by atoms with Crippen molar-refractivity contribution in [2.75, 3.05) is 0 Å². The zero-order valence-electron chi connectivity index (χ0n) is 5.97. The number of halogens is 1. The number of hydrogen-bond donors (Lipinski definition) is 1. The van der Waals surface area contributed by atoms with Gasteiger partial charge in [-0.05, 0) is 25.1 Å². The van der Waals surface area contributed by atoms with Crippen LogP contribution in [-0.4, -0.2) is 10.9 Å². The van der Waals surface area contributed by atoms with Crippen LogP contribution in [0.2, 0.25) is 0 Å². The van der Waals surface area contributed by atoms with Crippen LogP contribution in [0, 0.1) is 0 Å². The van der Waals surface area contributed by atoms with Crippen LogP contribution in [0.25, 0.3) is 0 Å². The fourth-order valence-electron chi connectivity index (χ4n) is 0.777. The van der Waals surface area contributed by atoms with Crippen LogP contribution in [0.4, 0.5) is 0 Å². The highest BCUT2D eigenvalue weighted by Gasteiger charge is 2.01. The minimum Gasteiger partial charge on any atom is -0.508 e. The van der Waals surface area contributed by atoms with Crippen LogP contribution < -0.4 is 0 Å². The van der Waals surface area contributed by atoms with E-state index in [1.165, 1.54) is 19.1 Å². The van der Waals surface area contributed by atoms with E-state index in [2.05, 4.69) is 15.9 Å². The first kappa shape index (κ1) is 8.27. The number of ketones is 1. The molecular formula is C8H7BrO2. The molecule has 0 aromatic heterocycles. The average Bonchev–Trinajstić information content (AvgIpc) is 1.85. The summed E-state index contributed by atoms with van der Waals surface area (Å²) in [4.78, 5) is 10.8. The Labute approximate surface area is 73.0 Å². The van der Waals surface area contributed by atoms with Crippen LogP contribution in [0.3, 0.4) is 0 Å². The van der Waals surface area contributed by atoms with E-state index in [0.717, 1.165) is 0 Å². The summed E-state index contributed by atoms with van der Waals surface area (Å²) in [5, 5.41) is 9.06. The predicted molar refractivity (Wildman–Crippen MR) is 45.8 cm³/mol. The van der Waals surface area contributed by atoms with Gasteiger partial charge in [0.05, 0.1) is 0 Å². The second-order valence-electron chi connectivity index (χ2n) is 2.25. The molecule has 0 saturated heterocycles. The van der Waals surface area contributed by atoms with Gasteiger partial charge in [-0.15, -0.1) is 0 Å². The van der Waals surface area contributed by atoms with Crippen LogP contribution in [0.1, 0.15) is 17.3 Å². The van der Waals surface area contributed by atoms with Gasteiger partial charge >= 0.3 is 0 Å². The van der Waals surface area contributed by atoms with E-state index >= 15 is 0 Å². The zero-order valence-corrected chi connectivity index (χ0v) is 7.55. The lowest BCUT2D eigenvalue weighted by atomic mass is 10.1. The SMILES string of the molecule is CC(=O)c1cc(O)cc(Br)c1. The summed E-state index contributed by atoms with van der Waals surface area (Å²) in [6, 6.07) is 4.64. The minimum absolute atomic E-state index is 0.0541. The molecule has 1 rings (SSSR count). The summed E-state index contributed by atoms with van der Waals surface area (Å²) < 4.78 is 0.711. The number of carbonyl (C=O) groups is 1. The van der Waals surface area contributed by atoms with Crippen molar-refractivity contribution in [3.63, 3.8) is 0 Å². The quantitative estimate of drug-likeness (QED) is 0.730. The zero-order chi connectivity index (χ0) is 8.43. The maximum atomic E-state index is 10.8. The van der Waals surface area contributed by atoms with Crippen LogP contribution in [0.15, 0.2) is 22.7 Å². The van der Waals surface area contributed by atoms with Gasteiger partial charge in [-0.25, -0.2) is 0 Å². The Bertz CT molecular complexity index is 274. The highest BCUT2D eigenvalue weighted by molar-refractivity contribution is 9.10. The molecule has 0 fully saturated rings. The molecule has 0 unspecified atom stereocenters. The molecule has 0 amide bonds. The molecule has 0 heterocycles. The lowest BCUT2D eigenvalue weighted by molar-refractivity contribution is 0.101. The van der Waals surface area contributed by atoms with Gasteiger partial charge in [0.2, 0.25) is 0 Å². The molecular weight excluding hydrogens is 208 g/mol. The maximum Gasteiger partial charge on any atom is 0.159 e. The highest BCUT2D eigenvalue weighted by Crippen LogP contribution is 2.20. The minimum atomic E-state index is -0.0541. The van der Waals surface area contributed by atoms with E-state index in [1.807, 2.05) is 0 Å². The Kier molecular flexibility index (Phi) is 2.29. The first-order valence-electron chi connectivity index (χ1n) is 3.10. The van der Waals surface area contributed by atoms with Gasteiger partial charge in [0.1, 0.15) is 5.75 Å². The van der Waals surface area contributed by atoms with Crippen LogP contribution >= 0.6 is 15.9 Å². The average molecular weight is 215 g/mol.